The van der Waals surface area contributed by atoms with Crippen LogP contribution >= 0.6 is 12.4 Å². The Morgan fingerprint density at radius 3 is 2.32 bits per heavy atom. The largest absolute Gasteiger partial charge is 0.355 e. The van der Waals surface area contributed by atoms with Crippen molar-refractivity contribution in [1.29, 1.82) is 0 Å². The van der Waals surface area contributed by atoms with Gasteiger partial charge in [-0.05, 0) is 51.0 Å². The Labute approximate surface area is 173 Å². The number of nitrogens with one attached hydrogen (secondary N) is 1. The second kappa shape index (κ2) is 11.7. The Hall–Kier alpha value is -2.12. The summed E-state index contributed by atoms with van der Waals surface area (Å²) in [5.41, 5.74) is 6.53. The number of carbonyl (C=O) groups excluding carboxylic acids is 3. The molecule has 7 nitrogen and oxygen atoms in total. The van der Waals surface area contributed by atoms with E-state index in [0.29, 0.717) is 50.4 Å². The van der Waals surface area contributed by atoms with Gasteiger partial charge in [-0.2, -0.15) is 0 Å². The normalized spacial score (nSPS) is 16.1. The van der Waals surface area contributed by atoms with Gasteiger partial charge >= 0.3 is 0 Å². The third kappa shape index (κ3) is 5.94. The van der Waals surface area contributed by atoms with Gasteiger partial charge < -0.3 is 20.9 Å². The third-order valence-electron chi connectivity index (χ3n) is 4.95. The van der Waals surface area contributed by atoms with Gasteiger partial charge in [0.1, 0.15) is 0 Å². The monoisotopic (exact) mass is 410 g/mol. The fourth-order valence-corrected chi connectivity index (χ4v) is 3.35. The molecule has 1 aromatic carbocycles. The standard InChI is InChI=1S/C20H30N4O3.ClH/c1-3-23(4-2)19(26)15-7-9-16(10-8-15)20(27)24-13-5-6-17(14-24)18(25)22-12-11-21;/h7-10,17H,3-6,11-14,21H2,1-2H3,(H,22,25);1H. The molecule has 1 heterocycles. The van der Waals surface area contributed by atoms with Gasteiger partial charge in [-0.1, -0.05) is 0 Å². The van der Waals surface area contributed by atoms with E-state index in [-0.39, 0.29) is 36.0 Å². The van der Waals surface area contributed by atoms with Gasteiger partial charge in [0.15, 0.2) is 0 Å². The first-order valence-electron chi connectivity index (χ1n) is 9.68. The molecule has 1 aliphatic rings. The van der Waals surface area contributed by atoms with Crippen LogP contribution in [-0.2, 0) is 4.79 Å². The van der Waals surface area contributed by atoms with Crippen molar-refractivity contribution in [1.82, 2.24) is 15.1 Å². The molecule has 3 N–H and O–H groups in total. The topological polar surface area (TPSA) is 95.7 Å². The zero-order valence-electron chi connectivity index (χ0n) is 16.6. The van der Waals surface area contributed by atoms with E-state index >= 15 is 0 Å². The molecule has 156 valence electrons. The summed E-state index contributed by atoms with van der Waals surface area (Å²) in [5.74, 6) is -0.377. The van der Waals surface area contributed by atoms with Gasteiger partial charge in [0.05, 0.1) is 5.92 Å². The number of benzene rings is 1. The molecule has 1 aromatic rings. The minimum atomic E-state index is -0.197. The van der Waals surface area contributed by atoms with Crippen molar-refractivity contribution >= 4 is 30.1 Å². The third-order valence-corrected chi connectivity index (χ3v) is 4.95. The van der Waals surface area contributed by atoms with Crippen molar-refractivity contribution in [2.24, 2.45) is 11.7 Å². The summed E-state index contributed by atoms with van der Waals surface area (Å²) in [4.78, 5) is 40.8. The molecule has 0 aromatic heterocycles. The highest BCUT2D eigenvalue weighted by Crippen LogP contribution is 2.19. The number of hydrogen-bond acceptors (Lipinski definition) is 4. The Bertz CT molecular complexity index is 662. The van der Waals surface area contributed by atoms with E-state index in [0.717, 1.165) is 12.8 Å². The first-order chi connectivity index (χ1) is 13.0. The predicted octanol–water partition coefficient (Wildman–Crippen LogP) is 1.52. The molecular weight excluding hydrogens is 380 g/mol. The van der Waals surface area contributed by atoms with E-state index < -0.39 is 0 Å². The number of hydrogen-bond donors (Lipinski definition) is 2. The Kier molecular flexibility index (Phi) is 9.96. The van der Waals surface area contributed by atoms with Gasteiger partial charge in [-0.3, -0.25) is 14.4 Å². The average Bonchev–Trinajstić information content (AvgIpc) is 2.72. The number of nitrogens with zero attached hydrogens (tertiary/aromatic N) is 2. The first kappa shape index (κ1) is 23.9. The number of rotatable bonds is 7. The summed E-state index contributed by atoms with van der Waals surface area (Å²) in [6.07, 6.45) is 1.57. The van der Waals surface area contributed by atoms with Crippen molar-refractivity contribution in [3.8, 4) is 0 Å². The number of likely N-dealkylation sites (tertiary alicyclic amines) is 1. The first-order valence-corrected chi connectivity index (χ1v) is 9.68. The zero-order chi connectivity index (χ0) is 19.8. The van der Waals surface area contributed by atoms with Crippen LogP contribution in [0, 0.1) is 5.92 Å². The summed E-state index contributed by atoms with van der Waals surface area (Å²) in [5, 5.41) is 2.80. The highest BCUT2D eigenvalue weighted by Gasteiger charge is 2.28. The zero-order valence-corrected chi connectivity index (χ0v) is 17.5. The number of amides is 3. The summed E-state index contributed by atoms with van der Waals surface area (Å²) in [6.45, 7) is 7.08. The van der Waals surface area contributed by atoms with E-state index in [1.807, 2.05) is 13.8 Å². The molecule has 3 amide bonds. The molecule has 0 radical (unpaired) electrons. The van der Waals surface area contributed by atoms with Crippen LogP contribution in [0.15, 0.2) is 24.3 Å². The predicted molar refractivity (Wildman–Crippen MR) is 112 cm³/mol. The Morgan fingerprint density at radius 2 is 1.75 bits per heavy atom. The van der Waals surface area contributed by atoms with Gasteiger partial charge in [0.2, 0.25) is 5.91 Å². The van der Waals surface area contributed by atoms with Crippen molar-refractivity contribution in [2.75, 3.05) is 39.3 Å². The summed E-state index contributed by atoms with van der Waals surface area (Å²) < 4.78 is 0. The maximum Gasteiger partial charge on any atom is 0.253 e. The lowest BCUT2D eigenvalue weighted by atomic mass is 9.96. The summed E-state index contributed by atoms with van der Waals surface area (Å²) >= 11 is 0. The molecule has 1 unspecified atom stereocenters. The molecular formula is C20H31ClN4O3. The molecule has 1 saturated heterocycles. The quantitative estimate of drug-likeness (QED) is 0.712. The molecule has 8 heteroatoms. The maximum atomic E-state index is 12.8. The van der Waals surface area contributed by atoms with E-state index in [4.69, 9.17) is 5.73 Å². The van der Waals surface area contributed by atoms with Crippen LogP contribution in [0.25, 0.3) is 0 Å². The minimum Gasteiger partial charge on any atom is -0.355 e. The number of nitrogens with two attached hydrogens (primary N) is 1. The lowest BCUT2D eigenvalue weighted by Gasteiger charge is -2.32. The molecule has 0 bridgehead atoms. The molecule has 1 aliphatic heterocycles. The van der Waals surface area contributed by atoms with Crippen molar-refractivity contribution in [3.05, 3.63) is 35.4 Å². The summed E-state index contributed by atoms with van der Waals surface area (Å²) in [7, 11) is 0. The van der Waals surface area contributed by atoms with Crippen LogP contribution in [0.3, 0.4) is 0 Å². The minimum absolute atomic E-state index is 0. The van der Waals surface area contributed by atoms with Gasteiger partial charge in [0.25, 0.3) is 11.8 Å². The Balaban J connectivity index is 0.00000392. The van der Waals surface area contributed by atoms with E-state index in [1.54, 1.807) is 34.1 Å². The van der Waals surface area contributed by atoms with Crippen LogP contribution < -0.4 is 11.1 Å². The maximum absolute atomic E-state index is 12.8. The van der Waals surface area contributed by atoms with Gasteiger partial charge in [0, 0.05) is 50.4 Å². The molecule has 1 atom stereocenters. The highest BCUT2D eigenvalue weighted by molar-refractivity contribution is 5.98. The lowest BCUT2D eigenvalue weighted by Crippen LogP contribution is -2.46. The van der Waals surface area contributed by atoms with Crippen LogP contribution in [-0.4, -0.2) is 66.8 Å². The second-order valence-corrected chi connectivity index (χ2v) is 6.72. The van der Waals surface area contributed by atoms with E-state index in [2.05, 4.69) is 5.32 Å². The highest BCUT2D eigenvalue weighted by atomic mass is 35.5. The van der Waals surface area contributed by atoms with Crippen molar-refractivity contribution < 1.29 is 14.4 Å². The van der Waals surface area contributed by atoms with Crippen LogP contribution in [0.4, 0.5) is 0 Å². The van der Waals surface area contributed by atoms with Gasteiger partial charge in [-0.15, -0.1) is 12.4 Å². The number of piperidine rings is 1. The molecule has 28 heavy (non-hydrogen) atoms. The molecule has 0 aliphatic carbocycles. The van der Waals surface area contributed by atoms with Crippen molar-refractivity contribution in [3.63, 3.8) is 0 Å². The van der Waals surface area contributed by atoms with Crippen molar-refractivity contribution in [2.45, 2.75) is 26.7 Å². The van der Waals surface area contributed by atoms with Gasteiger partial charge in [-0.25, -0.2) is 0 Å². The van der Waals surface area contributed by atoms with Crippen LogP contribution in [0.5, 0.6) is 0 Å². The Morgan fingerprint density at radius 1 is 1.14 bits per heavy atom. The fourth-order valence-electron chi connectivity index (χ4n) is 3.35. The van der Waals surface area contributed by atoms with E-state index in [9.17, 15) is 14.4 Å². The lowest BCUT2D eigenvalue weighted by molar-refractivity contribution is -0.126. The number of carbonyl (C=O) groups is 3. The van der Waals surface area contributed by atoms with Crippen LogP contribution in [0.2, 0.25) is 0 Å². The second-order valence-electron chi connectivity index (χ2n) is 6.72. The molecule has 0 spiro atoms. The average molecular weight is 411 g/mol. The SMILES string of the molecule is CCN(CC)C(=O)c1ccc(C(=O)N2CCCC(C(=O)NCCN)C2)cc1.Cl. The smallest absolute Gasteiger partial charge is 0.253 e. The number of halogens is 1. The molecule has 2 rings (SSSR count). The van der Waals surface area contributed by atoms with E-state index in [1.165, 1.54) is 0 Å². The molecule has 1 fully saturated rings. The summed E-state index contributed by atoms with van der Waals surface area (Å²) in [6, 6.07) is 6.78. The fraction of sp³-hybridized carbons (Fsp3) is 0.550. The van der Waals surface area contributed by atoms with Crippen LogP contribution in [0.1, 0.15) is 47.4 Å². The molecule has 0 saturated carbocycles.